The molecule has 0 fully saturated rings. The first kappa shape index (κ1) is 29.8. The quantitative estimate of drug-likeness (QED) is 0.325. The minimum Gasteiger partial charge on any atom is -0.355 e. The Kier molecular flexibility index (Phi) is 10.1. The van der Waals surface area contributed by atoms with Crippen LogP contribution in [0, 0.1) is 6.92 Å². The molecule has 0 spiro atoms. The average molecular weight is 597 g/mol. The molecule has 1 atom stereocenters. The molecule has 3 aromatic rings. The Bertz CT molecular complexity index is 1420. The van der Waals surface area contributed by atoms with Gasteiger partial charge < -0.3 is 10.2 Å². The Labute approximate surface area is 238 Å². The molecule has 0 aliphatic heterocycles. The number of halogens is 3. The van der Waals surface area contributed by atoms with Gasteiger partial charge in [0.25, 0.3) is 10.0 Å². The summed E-state index contributed by atoms with van der Waals surface area (Å²) in [4.78, 5) is 27.9. The summed E-state index contributed by atoms with van der Waals surface area (Å²) in [5.74, 6) is -0.993. The fraction of sp³-hybridized carbons (Fsp3) is 0.259. The molecule has 2 amide bonds. The number of hydrogen-bond acceptors (Lipinski definition) is 4. The van der Waals surface area contributed by atoms with Crippen molar-refractivity contribution < 1.29 is 18.0 Å². The van der Waals surface area contributed by atoms with E-state index in [-0.39, 0.29) is 23.0 Å². The number of anilines is 1. The zero-order chi connectivity index (χ0) is 28.0. The van der Waals surface area contributed by atoms with Gasteiger partial charge >= 0.3 is 0 Å². The van der Waals surface area contributed by atoms with Crippen molar-refractivity contribution in [2.45, 2.75) is 38.3 Å². The number of benzene rings is 3. The van der Waals surface area contributed by atoms with Gasteiger partial charge in [0, 0.05) is 28.2 Å². The Balaban J connectivity index is 2.06. The standard InChI is InChI=1S/C27H28Cl3N3O4S/c1-4-31-27(35)19(3)32(16-20-11-12-21(28)14-25(20)30)26(34)17-33(22-13-10-18(2)24(29)15-22)38(36,37)23-8-6-5-7-9-23/h5-15,19H,4,16-17H2,1-3H3,(H,31,35)/t19-/m0/s1. The van der Waals surface area contributed by atoms with Gasteiger partial charge in [0.05, 0.1) is 10.6 Å². The molecule has 38 heavy (non-hydrogen) atoms. The van der Waals surface area contributed by atoms with Gasteiger partial charge in [0.2, 0.25) is 11.8 Å². The number of rotatable bonds is 10. The third-order valence-corrected chi connectivity index (χ3v) is 8.71. The minimum absolute atomic E-state index is 0.00793. The number of nitrogens with zero attached hydrogens (tertiary/aromatic N) is 2. The third kappa shape index (κ3) is 6.99. The highest BCUT2D eigenvalue weighted by atomic mass is 35.5. The monoisotopic (exact) mass is 595 g/mol. The van der Waals surface area contributed by atoms with Crippen molar-refractivity contribution in [3.8, 4) is 0 Å². The molecule has 202 valence electrons. The van der Waals surface area contributed by atoms with Crippen LogP contribution in [0.5, 0.6) is 0 Å². The lowest BCUT2D eigenvalue weighted by Crippen LogP contribution is -2.51. The first-order valence-electron chi connectivity index (χ1n) is 11.8. The lowest BCUT2D eigenvalue weighted by Gasteiger charge is -2.32. The second-order valence-corrected chi connectivity index (χ2v) is 11.7. The van der Waals surface area contributed by atoms with Crippen molar-refractivity contribution in [3.05, 3.63) is 92.9 Å². The number of carbonyl (C=O) groups is 2. The highest BCUT2D eigenvalue weighted by Gasteiger charge is 2.32. The van der Waals surface area contributed by atoms with Crippen LogP contribution in [0.25, 0.3) is 0 Å². The molecule has 0 saturated carbocycles. The van der Waals surface area contributed by atoms with E-state index < -0.39 is 28.5 Å². The maximum absolute atomic E-state index is 13.8. The maximum atomic E-state index is 13.8. The maximum Gasteiger partial charge on any atom is 0.264 e. The predicted molar refractivity (Wildman–Crippen MR) is 152 cm³/mol. The SMILES string of the molecule is CCNC(=O)[C@H](C)N(Cc1ccc(Cl)cc1Cl)C(=O)CN(c1ccc(C)c(Cl)c1)S(=O)(=O)c1ccccc1. The van der Waals surface area contributed by atoms with Crippen molar-refractivity contribution in [2.24, 2.45) is 0 Å². The van der Waals surface area contributed by atoms with Crippen LogP contribution in [0.3, 0.4) is 0 Å². The second-order valence-electron chi connectivity index (χ2n) is 8.59. The number of amides is 2. The highest BCUT2D eigenvalue weighted by molar-refractivity contribution is 7.92. The summed E-state index contributed by atoms with van der Waals surface area (Å²) in [5.41, 5.74) is 1.52. The fourth-order valence-electron chi connectivity index (χ4n) is 3.72. The molecule has 7 nitrogen and oxygen atoms in total. The molecule has 0 aliphatic carbocycles. The Hall–Kier alpha value is -2.78. The van der Waals surface area contributed by atoms with E-state index >= 15 is 0 Å². The van der Waals surface area contributed by atoms with E-state index in [9.17, 15) is 18.0 Å². The third-order valence-electron chi connectivity index (χ3n) is 5.93. The molecule has 0 bridgehead atoms. The topological polar surface area (TPSA) is 86.8 Å². The van der Waals surface area contributed by atoms with E-state index in [2.05, 4.69) is 5.32 Å². The summed E-state index contributed by atoms with van der Waals surface area (Å²) in [5, 5.41) is 3.80. The molecule has 0 aliphatic rings. The molecule has 0 aromatic heterocycles. The molecule has 11 heteroatoms. The van der Waals surface area contributed by atoms with Crippen molar-refractivity contribution in [3.63, 3.8) is 0 Å². The molecule has 3 aromatic carbocycles. The highest BCUT2D eigenvalue weighted by Crippen LogP contribution is 2.29. The first-order valence-corrected chi connectivity index (χ1v) is 14.4. The summed E-state index contributed by atoms with van der Waals surface area (Å²) in [6.07, 6.45) is 0. The summed E-state index contributed by atoms with van der Waals surface area (Å²) in [6, 6.07) is 16.5. The molecule has 1 N–H and O–H groups in total. The minimum atomic E-state index is -4.17. The summed E-state index contributed by atoms with van der Waals surface area (Å²) in [6.45, 7) is 4.88. The molecule has 3 rings (SSSR count). The van der Waals surface area contributed by atoms with Crippen molar-refractivity contribution in [2.75, 3.05) is 17.4 Å². The molecule has 0 saturated heterocycles. The number of likely N-dealkylation sites (N-methyl/N-ethyl adjacent to an activating group) is 1. The number of hydrogen-bond donors (Lipinski definition) is 1. The molecule has 0 radical (unpaired) electrons. The number of carbonyl (C=O) groups excluding carboxylic acids is 2. The molecule has 0 heterocycles. The largest absolute Gasteiger partial charge is 0.355 e. The molecule has 0 unspecified atom stereocenters. The molecular weight excluding hydrogens is 569 g/mol. The van der Waals surface area contributed by atoms with Gasteiger partial charge in [-0.1, -0.05) is 65.1 Å². The van der Waals surface area contributed by atoms with E-state index in [1.165, 1.54) is 23.1 Å². The first-order chi connectivity index (χ1) is 17.9. The van der Waals surface area contributed by atoms with Crippen LogP contribution in [-0.2, 0) is 26.2 Å². The Morgan fingerprint density at radius 2 is 1.63 bits per heavy atom. The van der Waals surface area contributed by atoms with Crippen LogP contribution in [0.1, 0.15) is 25.0 Å². The fourth-order valence-corrected chi connectivity index (χ4v) is 5.79. The zero-order valence-corrected chi connectivity index (χ0v) is 24.2. The van der Waals surface area contributed by atoms with Crippen LogP contribution in [0.4, 0.5) is 5.69 Å². The van der Waals surface area contributed by atoms with Gasteiger partial charge in [0.15, 0.2) is 0 Å². The van der Waals surface area contributed by atoms with Crippen molar-refractivity contribution >= 4 is 62.3 Å². The van der Waals surface area contributed by atoms with Crippen LogP contribution >= 0.6 is 34.8 Å². The summed E-state index contributed by atoms with van der Waals surface area (Å²) < 4.78 is 28.5. The Morgan fingerprint density at radius 1 is 0.947 bits per heavy atom. The van der Waals surface area contributed by atoms with E-state index in [0.29, 0.717) is 27.2 Å². The van der Waals surface area contributed by atoms with Gasteiger partial charge in [-0.25, -0.2) is 8.42 Å². The van der Waals surface area contributed by atoms with E-state index in [1.54, 1.807) is 69.3 Å². The number of aryl methyl sites for hydroxylation is 1. The van der Waals surface area contributed by atoms with Crippen LogP contribution < -0.4 is 9.62 Å². The van der Waals surface area contributed by atoms with Crippen LogP contribution in [0.15, 0.2) is 71.6 Å². The van der Waals surface area contributed by atoms with Gasteiger partial charge in [-0.2, -0.15) is 0 Å². The second kappa shape index (κ2) is 12.8. The van der Waals surface area contributed by atoms with Gasteiger partial charge in [-0.15, -0.1) is 0 Å². The van der Waals surface area contributed by atoms with Crippen molar-refractivity contribution in [1.82, 2.24) is 10.2 Å². The van der Waals surface area contributed by atoms with Gasteiger partial charge in [-0.3, -0.25) is 13.9 Å². The molecular formula is C27H28Cl3N3O4S. The van der Waals surface area contributed by atoms with E-state index in [1.807, 2.05) is 0 Å². The average Bonchev–Trinajstić information content (AvgIpc) is 2.88. The van der Waals surface area contributed by atoms with Crippen molar-refractivity contribution in [1.29, 1.82) is 0 Å². The van der Waals surface area contributed by atoms with E-state index in [4.69, 9.17) is 34.8 Å². The van der Waals surface area contributed by atoms with Crippen LogP contribution in [0.2, 0.25) is 15.1 Å². The summed E-state index contributed by atoms with van der Waals surface area (Å²) in [7, 11) is -4.17. The smallest absolute Gasteiger partial charge is 0.264 e. The predicted octanol–water partition coefficient (Wildman–Crippen LogP) is 5.70. The van der Waals surface area contributed by atoms with E-state index in [0.717, 1.165) is 9.87 Å². The lowest BCUT2D eigenvalue weighted by atomic mass is 10.1. The lowest BCUT2D eigenvalue weighted by molar-refractivity contribution is -0.139. The zero-order valence-electron chi connectivity index (χ0n) is 21.1. The van der Waals surface area contributed by atoms with Gasteiger partial charge in [0.1, 0.15) is 12.6 Å². The Morgan fingerprint density at radius 3 is 2.24 bits per heavy atom. The van der Waals surface area contributed by atoms with Crippen LogP contribution in [-0.4, -0.2) is 44.3 Å². The number of nitrogens with one attached hydrogen (secondary N) is 1. The number of sulfonamides is 1. The van der Waals surface area contributed by atoms with Gasteiger partial charge in [-0.05, 0) is 68.3 Å². The normalized spacial score (nSPS) is 12.1. The summed E-state index contributed by atoms with van der Waals surface area (Å²) >= 11 is 18.7.